The van der Waals surface area contributed by atoms with Crippen LogP contribution in [0.4, 0.5) is 0 Å². The Balaban J connectivity index is 2.58. The first-order valence-electron chi connectivity index (χ1n) is 6.35. The second-order valence-electron chi connectivity index (χ2n) is 4.97. The van der Waals surface area contributed by atoms with Gasteiger partial charge in [-0.25, -0.2) is 0 Å². The van der Waals surface area contributed by atoms with Crippen LogP contribution in [0.3, 0.4) is 0 Å². The Morgan fingerprint density at radius 2 is 2.15 bits per heavy atom. The van der Waals surface area contributed by atoms with E-state index < -0.39 is 35.2 Å². The van der Waals surface area contributed by atoms with Gasteiger partial charge in [0, 0.05) is 30.2 Å². The van der Waals surface area contributed by atoms with Gasteiger partial charge < -0.3 is 10.1 Å². The van der Waals surface area contributed by atoms with E-state index in [1.54, 1.807) is 6.92 Å². The van der Waals surface area contributed by atoms with E-state index in [1.807, 2.05) is 0 Å². The molecule has 0 aromatic heterocycles. The summed E-state index contributed by atoms with van der Waals surface area (Å²) in [7, 11) is 1.41. The molecule has 3 atom stereocenters. The Labute approximate surface area is 116 Å². The summed E-state index contributed by atoms with van der Waals surface area (Å²) in [4.78, 5) is 44.5. The lowest BCUT2D eigenvalue weighted by Gasteiger charge is -2.16. The minimum absolute atomic E-state index is 0.121. The summed E-state index contributed by atoms with van der Waals surface area (Å²) < 4.78 is 4.72. The predicted octanol–water partition coefficient (Wildman–Crippen LogP) is -0.216. The van der Waals surface area contributed by atoms with E-state index in [0.29, 0.717) is 0 Å². The summed E-state index contributed by atoms with van der Waals surface area (Å²) >= 11 is 0. The molecule has 20 heavy (non-hydrogen) atoms. The van der Waals surface area contributed by atoms with E-state index in [4.69, 9.17) is 4.74 Å². The Kier molecular flexibility index (Phi) is 5.60. The molecular formula is C12H18N2O6. The average molecular weight is 286 g/mol. The number of rotatable bonds is 6. The first kappa shape index (κ1) is 16.1. The number of ketones is 1. The van der Waals surface area contributed by atoms with Crippen molar-refractivity contribution in [3.63, 3.8) is 0 Å². The number of ether oxygens (including phenoxy) is 1. The van der Waals surface area contributed by atoms with Crippen LogP contribution in [0.2, 0.25) is 0 Å². The zero-order valence-corrected chi connectivity index (χ0v) is 11.5. The molecule has 8 heteroatoms. The van der Waals surface area contributed by atoms with Crippen LogP contribution in [0.15, 0.2) is 0 Å². The van der Waals surface area contributed by atoms with Crippen molar-refractivity contribution in [1.82, 2.24) is 5.32 Å². The quantitative estimate of drug-likeness (QED) is 0.410. The highest BCUT2D eigenvalue weighted by Crippen LogP contribution is 2.36. The number of hydrogen-bond acceptors (Lipinski definition) is 6. The lowest BCUT2D eigenvalue weighted by Crippen LogP contribution is -2.29. The summed E-state index contributed by atoms with van der Waals surface area (Å²) in [6.07, 6.45) is 0.0323. The summed E-state index contributed by atoms with van der Waals surface area (Å²) in [6.45, 7) is 1.02. The van der Waals surface area contributed by atoms with Crippen LogP contribution >= 0.6 is 0 Å². The van der Waals surface area contributed by atoms with Crippen LogP contribution in [-0.4, -0.2) is 42.8 Å². The molecule has 1 aliphatic rings. The van der Waals surface area contributed by atoms with E-state index >= 15 is 0 Å². The molecule has 0 bridgehead atoms. The topological polar surface area (TPSA) is 116 Å². The van der Waals surface area contributed by atoms with Crippen LogP contribution < -0.4 is 5.32 Å². The molecule has 0 saturated heterocycles. The van der Waals surface area contributed by atoms with Gasteiger partial charge in [0.2, 0.25) is 6.54 Å². The number of carbonyl (C=O) groups excluding carboxylic acids is 3. The second-order valence-corrected chi connectivity index (χ2v) is 4.97. The minimum atomic E-state index is -0.687. The Morgan fingerprint density at radius 3 is 2.70 bits per heavy atom. The highest BCUT2D eigenvalue weighted by atomic mass is 16.6. The summed E-state index contributed by atoms with van der Waals surface area (Å²) in [6, 6.07) is 0. The van der Waals surface area contributed by atoms with E-state index in [2.05, 4.69) is 5.32 Å². The second kappa shape index (κ2) is 6.97. The van der Waals surface area contributed by atoms with Crippen molar-refractivity contribution in [2.45, 2.75) is 19.8 Å². The van der Waals surface area contributed by atoms with E-state index in [-0.39, 0.29) is 31.1 Å². The molecule has 0 unspecified atom stereocenters. The molecule has 0 aromatic rings. The van der Waals surface area contributed by atoms with Gasteiger partial charge in [-0.1, -0.05) is 6.92 Å². The van der Waals surface area contributed by atoms with Gasteiger partial charge in [0.05, 0.1) is 6.42 Å². The van der Waals surface area contributed by atoms with E-state index in [9.17, 15) is 24.5 Å². The zero-order chi connectivity index (χ0) is 15.3. The average Bonchev–Trinajstić information content (AvgIpc) is 2.62. The van der Waals surface area contributed by atoms with Crippen LogP contribution in [0.5, 0.6) is 0 Å². The first-order chi connectivity index (χ1) is 9.35. The predicted molar refractivity (Wildman–Crippen MR) is 67.3 cm³/mol. The number of amides is 1. The summed E-state index contributed by atoms with van der Waals surface area (Å²) in [5.41, 5.74) is 0. The fraction of sp³-hybridized carbons (Fsp3) is 0.750. The summed E-state index contributed by atoms with van der Waals surface area (Å²) in [5, 5.41) is 12.9. The molecule has 1 saturated carbocycles. The lowest BCUT2D eigenvalue weighted by atomic mass is 9.88. The molecule has 1 rings (SSSR count). The Hall–Kier alpha value is -1.99. The Morgan fingerprint density at radius 1 is 1.50 bits per heavy atom. The van der Waals surface area contributed by atoms with Crippen molar-refractivity contribution in [3.05, 3.63) is 10.1 Å². The van der Waals surface area contributed by atoms with E-state index in [0.717, 1.165) is 0 Å². The SMILES string of the molecule is CNC(=O)COC(=O)C[C@@H]1C(=O)C[C@@H](C)[C@H]1C[N+](=O)[O-]. The smallest absolute Gasteiger partial charge is 0.307 e. The summed E-state index contributed by atoms with van der Waals surface area (Å²) in [5.74, 6) is -2.55. The van der Waals surface area contributed by atoms with Crippen molar-refractivity contribution in [2.75, 3.05) is 20.2 Å². The number of nitro groups is 1. The number of hydrogen-bond donors (Lipinski definition) is 1. The number of Topliss-reactive ketones (excluding diaryl/α,β-unsaturated/α-hetero) is 1. The van der Waals surface area contributed by atoms with Gasteiger partial charge in [0.1, 0.15) is 5.78 Å². The van der Waals surface area contributed by atoms with Crippen LogP contribution in [0, 0.1) is 27.9 Å². The van der Waals surface area contributed by atoms with Crippen LogP contribution in [-0.2, 0) is 19.1 Å². The minimum Gasteiger partial charge on any atom is -0.456 e. The van der Waals surface area contributed by atoms with Crippen molar-refractivity contribution in [2.24, 2.45) is 17.8 Å². The van der Waals surface area contributed by atoms with Gasteiger partial charge in [-0.05, 0) is 5.92 Å². The van der Waals surface area contributed by atoms with Gasteiger partial charge in [-0.15, -0.1) is 0 Å². The molecule has 1 aliphatic carbocycles. The number of nitrogens with zero attached hydrogens (tertiary/aromatic N) is 1. The standard InChI is InChI=1S/C12H18N2O6/c1-7-3-10(15)8(9(7)5-14(18)19)4-12(17)20-6-11(16)13-2/h7-9H,3-6H2,1-2H3,(H,13,16)/t7-,8+,9-/m1/s1. The normalized spacial score (nSPS) is 25.3. The molecule has 8 nitrogen and oxygen atoms in total. The highest BCUT2D eigenvalue weighted by Gasteiger charge is 2.44. The molecule has 1 N–H and O–H groups in total. The van der Waals surface area contributed by atoms with E-state index in [1.165, 1.54) is 7.05 Å². The van der Waals surface area contributed by atoms with Gasteiger partial charge in [-0.2, -0.15) is 0 Å². The molecule has 0 aromatic carbocycles. The lowest BCUT2D eigenvalue weighted by molar-refractivity contribution is -0.490. The van der Waals surface area contributed by atoms with Crippen molar-refractivity contribution in [1.29, 1.82) is 0 Å². The molecule has 0 heterocycles. The fourth-order valence-corrected chi connectivity index (χ4v) is 2.46. The zero-order valence-electron chi connectivity index (χ0n) is 11.5. The number of likely N-dealkylation sites (N-methyl/N-ethyl adjacent to an activating group) is 1. The molecular weight excluding hydrogens is 268 g/mol. The van der Waals surface area contributed by atoms with Crippen molar-refractivity contribution < 1.29 is 24.0 Å². The first-order valence-corrected chi connectivity index (χ1v) is 6.35. The number of esters is 1. The van der Waals surface area contributed by atoms with Crippen LogP contribution in [0.1, 0.15) is 19.8 Å². The number of carbonyl (C=O) groups is 3. The molecule has 0 aliphatic heterocycles. The molecule has 1 amide bonds. The Bertz CT molecular complexity index is 422. The maximum Gasteiger partial charge on any atom is 0.307 e. The maximum absolute atomic E-state index is 11.8. The van der Waals surface area contributed by atoms with Gasteiger partial charge in [-0.3, -0.25) is 24.5 Å². The van der Waals surface area contributed by atoms with Crippen molar-refractivity contribution >= 4 is 17.7 Å². The third kappa shape index (κ3) is 4.29. The van der Waals surface area contributed by atoms with Gasteiger partial charge in [0.25, 0.3) is 5.91 Å². The third-order valence-corrected chi connectivity index (χ3v) is 3.57. The molecule has 0 radical (unpaired) electrons. The van der Waals surface area contributed by atoms with Gasteiger partial charge in [0.15, 0.2) is 6.61 Å². The number of nitrogens with one attached hydrogen (secondary N) is 1. The third-order valence-electron chi connectivity index (χ3n) is 3.57. The fourth-order valence-electron chi connectivity index (χ4n) is 2.46. The highest BCUT2D eigenvalue weighted by molar-refractivity contribution is 5.88. The molecule has 0 spiro atoms. The maximum atomic E-state index is 11.8. The molecule has 1 fully saturated rings. The van der Waals surface area contributed by atoms with Gasteiger partial charge >= 0.3 is 5.97 Å². The van der Waals surface area contributed by atoms with Crippen LogP contribution in [0.25, 0.3) is 0 Å². The molecule has 112 valence electrons. The van der Waals surface area contributed by atoms with Crippen molar-refractivity contribution in [3.8, 4) is 0 Å². The largest absolute Gasteiger partial charge is 0.456 e. The monoisotopic (exact) mass is 286 g/mol.